The third-order valence-corrected chi connectivity index (χ3v) is 3.50. The monoisotopic (exact) mass is 292 g/mol. The maximum atomic E-state index is 12.0. The standard InChI is InChI=1S/C16H24N2O3/c1-3-20-15-10-13(11-17-2)6-7-14(15)21-12-16(19)18-8-4-5-9-18/h6-7,10,17H,3-5,8-9,11-12H2,1-2H3. The van der Waals surface area contributed by atoms with Crippen molar-refractivity contribution in [2.24, 2.45) is 0 Å². The molecule has 1 aliphatic rings. The molecule has 5 heteroatoms. The van der Waals surface area contributed by atoms with E-state index >= 15 is 0 Å². The predicted octanol–water partition coefficient (Wildman–Crippen LogP) is 1.81. The highest BCUT2D eigenvalue weighted by molar-refractivity contribution is 5.78. The van der Waals surface area contributed by atoms with Crippen molar-refractivity contribution in [2.45, 2.75) is 26.3 Å². The van der Waals surface area contributed by atoms with E-state index < -0.39 is 0 Å². The lowest BCUT2D eigenvalue weighted by molar-refractivity contribution is -0.132. The van der Waals surface area contributed by atoms with Gasteiger partial charge in [-0.05, 0) is 44.5 Å². The summed E-state index contributed by atoms with van der Waals surface area (Å²) in [6, 6.07) is 5.80. The number of nitrogens with one attached hydrogen (secondary N) is 1. The van der Waals surface area contributed by atoms with E-state index in [9.17, 15) is 4.79 Å². The fourth-order valence-electron chi connectivity index (χ4n) is 2.45. The molecule has 0 saturated carbocycles. The molecule has 1 aromatic rings. The number of ether oxygens (including phenoxy) is 2. The Bertz CT molecular complexity index is 471. The molecule has 0 atom stereocenters. The fraction of sp³-hybridized carbons (Fsp3) is 0.562. The van der Waals surface area contributed by atoms with Gasteiger partial charge in [0.2, 0.25) is 0 Å². The van der Waals surface area contributed by atoms with Crippen LogP contribution in [0.25, 0.3) is 0 Å². The van der Waals surface area contributed by atoms with Gasteiger partial charge in [0.05, 0.1) is 6.61 Å². The molecule has 1 heterocycles. The summed E-state index contributed by atoms with van der Waals surface area (Å²) >= 11 is 0. The van der Waals surface area contributed by atoms with E-state index in [0.717, 1.165) is 38.0 Å². The van der Waals surface area contributed by atoms with E-state index in [0.29, 0.717) is 18.1 Å². The van der Waals surface area contributed by atoms with Crippen molar-refractivity contribution >= 4 is 5.91 Å². The Morgan fingerprint density at radius 2 is 2.00 bits per heavy atom. The van der Waals surface area contributed by atoms with Gasteiger partial charge in [-0.15, -0.1) is 0 Å². The molecule has 21 heavy (non-hydrogen) atoms. The van der Waals surface area contributed by atoms with E-state index in [1.165, 1.54) is 0 Å². The highest BCUT2D eigenvalue weighted by Crippen LogP contribution is 2.28. The summed E-state index contributed by atoms with van der Waals surface area (Å²) in [6.07, 6.45) is 2.18. The lowest BCUT2D eigenvalue weighted by atomic mass is 10.2. The average molecular weight is 292 g/mol. The molecule has 0 spiro atoms. The van der Waals surface area contributed by atoms with Gasteiger partial charge < -0.3 is 19.7 Å². The second kappa shape index (κ2) is 7.88. The van der Waals surface area contributed by atoms with Gasteiger partial charge in [0, 0.05) is 19.6 Å². The lowest BCUT2D eigenvalue weighted by Crippen LogP contribution is -2.32. The Labute approximate surface area is 126 Å². The van der Waals surface area contributed by atoms with Gasteiger partial charge in [0.25, 0.3) is 5.91 Å². The molecule has 5 nitrogen and oxygen atoms in total. The highest BCUT2D eigenvalue weighted by atomic mass is 16.5. The molecule has 1 aliphatic heterocycles. The minimum Gasteiger partial charge on any atom is -0.490 e. The summed E-state index contributed by atoms with van der Waals surface area (Å²) in [7, 11) is 1.90. The number of nitrogens with zero attached hydrogens (tertiary/aromatic N) is 1. The minimum absolute atomic E-state index is 0.0502. The fourth-order valence-corrected chi connectivity index (χ4v) is 2.45. The maximum absolute atomic E-state index is 12.0. The molecule has 0 bridgehead atoms. The molecule has 1 fully saturated rings. The predicted molar refractivity (Wildman–Crippen MR) is 81.7 cm³/mol. The number of carbonyl (C=O) groups excluding carboxylic acids is 1. The van der Waals surface area contributed by atoms with Gasteiger partial charge in [-0.1, -0.05) is 6.07 Å². The van der Waals surface area contributed by atoms with Gasteiger partial charge in [-0.25, -0.2) is 0 Å². The SMILES string of the molecule is CCOc1cc(CNC)ccc1OCC(=O)N1CCCC1. The first-order chi connectivity index (χ1) is 10.2. The van der Waals surface area contributed by atoms with Crippen LogP contribution in [-0.2, 0) is 11.3 Å². The molecule has 1 saturated heterocycles. The average Bonchev–Trinajstić information content (AvgIpc) is 3.01. The van der Waals surface area contributed by atoms with Gasteiger partial charge in [-0.3, -0.25) is 4.79 Å². The molecule has 0 aliphatic carbocycles. The molecule has 1 aromatic carbocycles. The Morgan fingerprint density at radius 1 is 1.24 bits per heavy atom. The molecule has 1 N–H and O–H groups in total. The van der Waals surface area contributed by atoms with Crippen LogP contribution in [0.3, 0.4) is 0 Å². The first kappa shape index (κ1) is 15.6. The number of hydrogen-bond donors (Lipinski definition) is 1. The summed E-state index contributed by atoms with van der Waals surface area (Å²) in [6.45, 7) is 5.05. The Balaban J connectivity index is 1.98. The summed E-state index contributed by atoms with van der Waals surface area (Å²) in [5.41, 5.74) is 1.12. The second-order valence-corrected chi connectivity index (χ2v) is 5.12. The van der Waals surface area contributed by atoms with E-state index in [4.69, 9.17) is 9.47 Å². The Morgan fingerprint density at radius 3 is 2.67 bits per heavy atom. The molecule has 0 aromatic heterocycles. The van der Waals surface area contributed by atoms with Crippen LogP contribution in [0.1, 0.15) is 25.3 Å². The van der Waals surface area contributed by atoms with E-state index in [1.54, 1.807) is 0 Å². The highest BCUT2D eigenvalue weighted by Gasteiger charge is 2.18. The molecule has 0 radical (unpaired) electrons. The number of likely N-dealkylation sites (tertiary alicyclic amines) is 1. The number of carbonyl (C=O) groups is 1. The second-order valence-electron chi connectivity index (χ2n) is 5.12. The first-order valence-electron chi connectivity index (χ1n) is 7.55. The van der Waals surface area contributed by atoms with Crippen molar-refractivity contribution in [2.75, 3.05) is 33.4 Å². The quantitative estimate of drug-likeness (QED) is 0.832. The van der Waals surface area contributed by atoms with Crippen LogP contribution in [0.15, 0.2) is 18.2 Å². The normalized spacial score (nSPS) is 14.3. The Hall–Kier alpha value is -1.75. The molecular weight excluding hydrogens is 268 g/mol. The van der Waals surface area contributed by atoms with Crippen LogP contribution < -0.4 is 14.8 Å². The van der Waals surface area contributed by atoms with E-state index in [-0.39, 0.29) is 12.5 Å². The zero-order chi connectivity index (χ0) is 15.1. The minimum atomic E-state index is 0.0502. The molecular formula is C16H24N2O3. The molecule has 116 valence electrons. The summed E-state index contributed by atoms with van der Waals surface area (Å²) in [5.74, 6) is 1.37. The third-order valence-electron chi connectivity index (χ3n) is 3.50. The van der Waals surface area contributed by atoms with Gasteiger partial charge >= 0.3 is 0 Å². The third kappa shape index (κ3) is 4.36. The van der Waals surface area contributed by atoms with Crippen LogP contribution in [0.2, 0.25) is 0 Å². The number of amides is 1. The van der Waals surface area contributed by atoms with Crippen LogP contribution in [0.5, 0.6) is 11.5 Å². The van der Waals surface area contributed by atoms with E-state index in [2.05, 4.69) is 5.32 Å². The first-order valence-corrected chi connectivity index (χ1v) is 7.55. The van der Waals surface area contributed by atoms with Crippen LogP contribution in [0, 0.1) is 0 Å². The smallest absolute Gasteiger partial charge is 0.260 e. The van der Waals surface area contributed by atoms with Crippen LogP contribution >= 0.6 is 0 Å². The van der Waals surface area contributed by atoms with Crippen LogP contribution in [0.4, 0.5) is 0 Å². The molecule has 1 amide bonds. The van der Waals surface area contributed by atoms with Gasteiger partial charge in [0.1, 0.15) is 0 Å². The zero-order valence-electron chi connectivity index (χ0n) is 12.9. The summed E-state index contributed by atoms with van der Waals surface area (Å²) in [5, 5.41) is 3.10. The maximum Gasteiger partial charge on any atom is 0.260 e. The number of rotatable bonds is 7. The van der Waals surface area contributed by atoms with Crippen molar-refractivity contribution < 1.29 is 14.3 Å². The van der Waals surface area contributed by atoms with Crippen LogP contribution in [-0.4, -0.2) is 44.2 Å². The van der Waals surface area contributed by atoms with E-state index in [1.807, 2.05) is 37.1 Å². The lowest BCUT2D eigenvalue weighted by Gasteiger charge is -2.17. The summed E-state index contributed by atoms with van der Waals surface area (Å²) < 4.78 is 11.3. The number of hydrogen-bond acceptors (Lipinski definition) is 4. The largest absolute Gasteiger partial charge is 0.490 e. The van der Waals surface area contributed by atoms with Crippen molar-refractivity contribution in [3.63, 3.8) is 0 Å². The molecule has 2 rings (SSSR count). The molecule has 0 unspecified atom stereocenters. The van der Waals surface area contributed by atoms with Crippen molar-refractivity contribution in [3.8, 4) is 11.5 Å². The van der Waals surface area contributed by atoms with Crippen molar-refractivity contribution in [1.29, 1.82) is 0 Å². The van der Waals surface area contributed by atoms with Gasteiger partial charge in [0.15, 0.2) is 18.1 Å². The topological polar surface area (TPSA) is 50.8 Å². The van der Waals surface area contributed by atoms with Crippen molar-refractivity contribution in [3.05, 3.63) is 23.8 Å². The Kier molecular flexibility index (Phi) is 5.87. The summed E-state index contributed by atoms with van der Waals surface area (Å²) in [4.78, 5) is 13.9. The number of benzene rings is 1. The van der Waals surface area contributed by atoms with Crippen molar-refractivity contribution in [1.82, 2.24) is 10.2 Å². The zero-order valence-corrected chi connectivity index (χ0v) is 12.9. The van der Waals surface area contributed by atoms with Gasteiger partial charge in [-0.2, -0.15) is 0 Å².